The van der Waals surface area contributed by atoms with E-state index in [1.165, 1.54) is 5.56 Å². The van der Waals surface area contributed by atoms with Gasteiger partial charge in [0.2, 0.25) is 0 Å². The summed E-state index contributed by atoms with van der Waals surface area (Å²) in [6.07, 6.45) is 5.09. The number of aliphatic hydroxyl groups is 1. The number of benzene rings is 1. The van der Waals surface area contributed by atoms with Crippen LogP contribution in [0.15, 0.2) is 36.7 Å². The lowest BCUT2D eigenvalue weighted by Gasteiger charge is -2.39. The minimum Gasteiger partial charge on any atom is -0.495 e. The number of nitrogens with zero attached hydrogens (tertiary/aromatic N) is 4. The summed E-state index contributed by atoms with van der Waals surface area (Å²) >= 11 is 0. The maximum absolute atomic E-state index is 9.59. The SMILES string of the molecule is COc1ccc(CNc2cnc3ccc(N(C)C4CC(O)C4)nc3n2)c2c(C)c[nH]c12. The first-order chi connectivity index (χ1) is 15.0. The number of fused-ring (bicyclic) bond motifs is 2. The third-order valence-corrected chi connectivity index (χ3v) is 6.15. The molecule has 1 aliphatic carbocycles. The summed E-state index contributed by atoms with van der Waals surface area (Å²) in [5, 5.41) is 14.1. The van der Waals surface area contributed by atoms with Crippen molar-refractivity contribution in [3.8, 4) is 5.75 Å². The monoisotopic (exact) mass is 418 g/mol. The van der Waals surface area contributed by atoms with Crippen molar-refractivity contribution in [2.24, 2.45) is 0 Å². The highest BCUT2D eigenvalue weighted by molar-refractivity contribution is 5.91. The number of methoxy groups -OCH3 is 1. The van der Waals surface area contributed by atoms with Crippen LogP contribution in [-0.2, 0) is 6.54 Å². The van der Waals surface area contributed by atoms with Crippen LogP contribution in [0, 0.1) is 6.92 Å². The summed E-state index contributed by atoms with van der Waals surface area (Å²) in [5.41, 5.74) is 4.68. The van der Waals surface area contributed by atoms with E-state index in [2.05, 4.69) is 38.2 Å². The molecule has 8 nitrogen and oxygen atoms in total. The molecule has 5 rings (SSSR count). The second kappa shape index (κ2) is 7.70. The van der Waals surface area contributed by atoms with Gasteiger partial charge in [0, 0.05) is 31.2 Å². The first kappa shape index (κ1) is 19.6. The Hall–Kier alpha value is -3.39. The molecule has 0 unspecified atom stereocenters. The third-order valence-electron chi connectivity index (χ3n) is 6.15. The van der Waals surface area contributed by atoms with Crippen molar-refractivity contribution in [2.75, 3.05) is 24.4 Å². The summed E-state index contributed by atoms with van der Waals surface area (Å²) in [6, 6.07) is 8.26. The van der Waals surface area contributed by atoms with Gasteiger partial charge in [-0.15, -0.1) is 0 Å². The maximum atomic E-state index is 9.59. The van der Waals surface area contributed by atoms with Gasteiger partial charge in [0.25, 0.3) is 0 Å². The van der Waals surface area contributed by atoms with Crippen LogP contribution in [0.1, 0.15) is 24.0 Å². The van der Waals surface area contributed by atoms with Crippen LogP contribution in [0.4, 0.5) is 11.6 Å². The molecule has 160 valence electrons. The Balaban J connectivity index is 1.38. The fraction of sp³-hybridized carbons (Fsp3) is 0.348. The van der Waals surface area contributed by atoms with Crippen molar-refractivity contribution in [1.29, 1.82) is 0 Å². The smallest absolute Gasteiger partial charge is 0.182 e. The highest BCUT2D eigenvalue weighted by Crippen LogP contribution is 2.31. The molecule has 1 aromatic carbocycles. The lowest BCUT2D eigenvalue weighted by molar-refractivity contribution is 0.0748. The number of hydrogen-bond donors (Lipinski definition) is 3. The Kier molecular flexibility index (Phi) is 4.86. The van der Waals surface area contributed by atoms with Gasteiger partial charge >= 0.3 is 0 Å². The zero-order valence-electron chi connectivity index (χ0n) is 17.9. The molecule has 3 heterocycles. The van der Waals surface area contributed by atoms with Crippen LogP contribution < -0.4 is 15.0 Å². The minimum atomic E-state index is -0.198. The van der Waals surface area contributed by atoms with Gasteiger partial charge in [-0.05, 0) is 49.1 Å². The lowest BCUT2D eigenvalue weighted by atomic mass is 9.88. The molecular weight excluding hydrogens is 392 g/mol. The van der Waals surface area contributed by atoms with E-state index < -0.39 is 0 Å². The fourth-order valence-corrected chi connectivity index (χ4v) is 4.21. The molecule has 3 N–H and O–H groups in total. The summed E-state index contributed by atoms with van der Waals surface area (Å²) in [6.45, 7) is 2.69. The maximum Gasteiger partial charge on any atom is 0.182 e. The summed E-state index contributed by atoms with van der Waals surface area (Å²) in [5.74, 6) is 2.35. The van der Waals surface area contributed by atoms with Crippen molar-refractivity contribution >= 4 is 33.7 Å². The van der Waals surface area contributed by atoms with E-state index in [1.807, 2.05) is 31.4 Å². The number of aromatic amines is 1. The highest BCUT2D eigenvalue weighted by Gasteiger charge is 2.31. The summed E-state index contributed by atoms with van der Waals surface area (Å²) in [4.78, 5) is 19.3. The average Bonchev–Trinajstić information content (AvgIpc) is 3.16. The molecule has 1 aliphatic rings. The number of aliphatic hydroxyl groups excluding tert-OH is 1. The van der Waals surface area contributed by atoms with E-state index in [0.29, 0.717) is 24.1 Å². The molecule has 0 saturated heterocycles. The average molecular weight is 419 g/mol. The van der Waals surface area contributed by atoms with Crippen LogP contribution in [-0.4, -0.2) is 51.3 Å². The quantitative estimate of drug-likeness (QED) is 0.441. The molecule has 0 aliphatic heterocycles. The second-order valence-electron chi connectivity index (χ2n) is 8.16. The Morgan fingerprint density at radius 2 is 2.06 bits per heavy atom. The minimum absolute atomic E-state index is 0.198. The van der Waals surface area contributed by atoms with Gasteiger partial charge in [-0.3, -0.25) is 0 Å². The van der Waals surface area contributed by atoms with Crippen molar-refractivity contribution in [3.63, 3.8) is 0 Å². The number of aromatic nitrogens is 4. The first-order valence-electron chi connectivity index (χ1n) is 10.5. The number of hydrogen-bond acceptors (Lipinski definition) is 7. The first-order valence-corrected chi connectivity index (χ1v) is 10.5. The zero-order valence-corrected chi connectivity index (χ0v) is 17.9. The Bertz CT molecular complexity index is 1250. The Labute approximate surface area is 180 Å². The predicted octanol–water partition coefficient (Wildman–Crippen LogP) is 3.39. The normalized spacial score (nSPS) is 18.2. The van der Waals surface area contributed by atoms with Crippen LogP contribution in [0.2, 0.25) is 0 Å². The van der Waals surface area contributed by atoms with Gasteiger partial charge < -0.3 is 25.0 Å². The number of anilines is 2. The number of H-pyrrole nitrogens is 1. The molecule has 0 spiro atoms. The van der Waals surface area contributed by atoms with Gasteiger partial charge in [-0.2, -0.15) is 0 Å². The van der Waals surface area contributed by atoms with Crippen molar-refractivity contribution in [3.05, 3.63) is 47.8 Å². The molecule has 1 fully saturated rings. The molecule has 1 saturated carbocycles. The fourth-order valence-electron chi connectivity index (χ4n) is 4.21. The molecule has 4 aromatic rings. The topological polar surface area (TPSA) is 99.2 Å². The van der Waals surface area contributed by atoms with Crippen molar-refractivity contribution in [2.45, 2.75) is 38.5 Å². The highest BCUT2D eigenvalue weighted by atomic mass is 16.5. The predicted molar refractivity (Wildman–Crippen MR) is 122 cm³/mol. The molecule has 31 heavy (non-hydrogen) atoms. The molecule has 0 bridgehead atoms. The van der Waals surface area contributed by atoms with E-state index in [4.69, 9.17) is 9.72 Å². The lowest BCUT2D eigenvalue weighted by Crippen LogP contribution is -2.45. The van der Waals surface area contributed by atoms with E-state index in [9.17, 15) is 5.11 Å². The summed E-state index contributed by atoms with van der Waals surface area (Å²) < 4.78 is 5.47. The number of ether oxygens (including phenoxy) is 1. The largest absolute Gasteiger partial charge is 0.495 e. The van der Waals surface area contributed by atoms with Gasteiger partial charge in [0.1, 0.15) is 22.9 Å². The third kappa shape index (κ3) is 3.53. The number of aryl methyl sites for hydroxylation is 1. The van der Waals surface area contributed by atoms with Crippen LogP contribution >= 0.6 is 0 Å². The van der Waals surface area contributed by atoms with Gasteiger partial charge in [-0.1, -0.05) is 6.07 Å². The van der Waals surface area contributed by atoms with Gasteiger partial charge in [-0.25, -0.2) is 15.0 Å². The van der Waals surface area contributed by atoms with Gasteiger partial charge in [0.15, 0.2) is 5.65 Å². The van der Waals surface area contributed by atoms with E-state index in [0.717, 1.165) is 46.4 Å². The van der Waals surface area contributed by atoms with E-state index in [-0.39, 0.29) is 6.10 Å². The van der Waals surface area contributed by atoms with Crippen molar-refractivity contribution < 1.29 is 9.84 Å². The van der Waals surface area contributed by atoms with Crippen LogP contribution in [0.3, 0.4) is 0 Å². The number of rotatable bonds is 6. The molecule has 0 atom stereocenters. The van der Waals surface area contributed by atoms with Gasteiger partial charge in [0.05, 0.1) is 24.9 Å². The van der Waals surface area contributed by atoms with E-state index >= 15 is 0 Å². The summed E-state index contributed by atoms with van der Waals surface area (Å²) in [7, 11) is 3.69. The number of pyridine rings is 1. The number of nitrogens with one attached hydrogen (secondary N) is 2. The molecular formula is C23H26N6O2. The standard InChI is InChI=1S/C23H26N6O2/c1-13-10-26-22-18(31-3)6-4-14(21(13)22)11-25-19-12-24-17-5-7-20(28-23(17)27-19)29(2)15-8-16(30)9-15/h4-7,10,12,15-16,26,30H,8-9,11H2,1-3H3,(H,25,27,28). The zero-order chi connectivity index (χ0) is 21.5. The molecule has 0 amide bonds. The second-order valence-corrected chi connectivity index (χ2v) is 8.16. The molecule has 0 radical (unpaired) electrons. The van der Waals surface area contributed by atoms with Crippen LogP contribution in [0.5, 0.6) is 5.75 Å². The van der Waals surface area contributed by atoms with E-state index in [1.54, 1.807) is 13.3 Å². The molecule has 3 aromatic heterocycles. The van der Waals surface area contributed by atoms with Crippen molar-refractivity contribution in [1.82, 2.24) is 19.9 Å². The Morgan fingerprint density at radius 3 is 2.84 bits per heavy atom. The molecule has 8 heteroatoms. The Morgan fingerprint density at radius 1 is 1.23 bits per heavy atom. The van der Waals surface area contributed by atoms with Crippen LogP contribution in [0.25, 0.3) is 22.1 Å².